The fourth-order valence-electron chi connectivity index (χ4n) is 1.91. The topological polar surface area (TPSA) is 89.4 Å². The second-order valence-electron chi connectivity index (χ2n) is 4.44. The van der Waals surface area contributed by atoms with Gasteiger partial charge in [-0.25, -0.2) is 14.4 Å². The fraction of sp³-hybridized carbons (Fsp3) is 0.0556. The van der Waals surface area contributed by atoms with Gasteiger partial charge in [-0.1, -0.05) is 12.1 Å². The molecule has 0 spiro atoms. The van der Waals surface area contributed by atoms with Gasteiger partial charge in [-0.05, 0) is 24.3 Å². The number of hydrogen-bond acceptors (Lipinski definition) is 6. The first-order valence-corrected chi connectivity index (χ1v) is 6.88. The molecule has 3 heterocycles. The molecule has 0 aliphatic carbocycles. The van der Waals surface area contributed by atoms with Crippen LogP contribution in [0.4, 0.5) is 0 Å². The molecule has 0 aromatic carbocycles. The zero-order chi connectivity index (χ0) is 17.2. The number of aliphatic imine (C=N–C) groups is 1. The monoisotopic (exact) mass is 504 g/mol. The normalized spacial score (nSPS) is 12.3. The molecule has 0 amide bonds. The van der Waals surface area contributed by atoms with Crippen LogP contribution in [0.3, 0.4) is 0 Å². The molecule has 7 heteroatoms. The van der Waals surface area contributed by atoms with Crippen LogP contribution in [0.15, 0.2) is 76.7 Å². The minimum absolute atomic E-state index is 0. The zero-order valence-electron chi connectivity index (χ0n) is 12.8. The Morgan fingerprint density at radius 2 is 1.48 bits per heavy atom. The van der Waals surface area contributed by atoms with Crippen molar-refractivity contribution in [2.75, 3.05) is 6.54 Å². The smallest absolute Gasteiger partial charge is 0.136 e. The Kier molecular flexibility index (Phi) is 8.57. The van der Waals surface area contributed by atoms with E-state index in [1.165, 1.54) is 6.20 Å². The van der Waals surface area contributed by atoms with Crippen LogP contribution >= 0.6 is 0 Å². The summed E-state index contributed by atoms with van der Waals surface area (Å²) in [6.45, 7) is -0.0227. The van der Waals surface area contributed by atoms with Crippen molar-refractivity contribution in [2.45, 2.75) is 0 Å². The van der Waals surface area contributed by atoms with Crippen molar-refractivity contribution >= 4 is 23.5 Å². The van der Waals surface area contributed by atoms with E-state index in [4.69, 9.17) is 0 Å². The summed E-state index contributed by atoms with van der Waals surface area (Å²) in [5.74, 6) is 4.76. The third-order valence-electron chi connectivity index (χ3n) is 2.99. The SMILES string of the molecule is O=C=C1CN=C(c2ccccn2)C(=C=O)C1=C=O.[Re].c1ccncc1. The van der Waals surface area contributed by atoms with Crippen LogP contribution in [0.1, 0.15) is 5.69 Å². The predicted molar refractivity (Wildman–Crippen MR) is 87.5 cm³/mol. The van der Waals surface area contributed by atoms with E-state index < -0.39 is 0 Å². The van der Waals surface area contributed by atoms with Gasteiger partial charge in [0.15, 0.2) is 0 Å². The van der Waals surface area contributed by atoms with Gasteiger partial charge in [0, 0.05) is 39.0 Å². The molecule has 0 saturated carbocycles. The van der Waals surface area contributed by atoms with Crippen LogP contribution in [0, 0.1) is 0 Å². The Labute approximate surface area is 157 Å². The molecule has 0 unspecified atom stereocenters. The van der Waals surface area contributed by atoms with Gasteiger partial charge in [-0.15, -0.1) is 0 Å². The second kappa shape index (κ2) is 10.7. The first kappa shape index (κ1) is 20.0. The average Bonchev–Trinajstić information content (AvgIpc) is 2.69. The van der Waals surface area contributed by atoms with E-state index in [2.05, 4.69) is 15.0 Å². The number of carbonyl (C=O) groups excluding carboxylic acids is 3. The van der Waals surface area contributed by atoms with Crippen molar-refractivity contribution in [1.29, 1.82) is 0 Å². The van der Waals surface area contributed by atoms with Gasteiger partial charge in [0.25, 0.3) is 0 Å². The summed E-state index contributed by atoms with van der Waals surface area (Å²) >= 11 is 0. The van der Waals surface area contributed by atoms with Gasteiger partial charge in [0.2, 0.25) is 0 Å². The molecule has 2 aromatic heterocycles. The number of aromatic nitrogens is 2. The van der Waals surface area contributed by atoms with E-state index in [0.29, 0.717) is 5.69 Å². The van der Waals surface area contributed by atoms with Crippen molar-refractivity contribution in [3.63, 3.8) is 0 Å². The Hall–Kier alpha value is -3.02. The van der Waals surface area contributed by atoms with E-state index in [0.717, 1.165) is 0 Å². The van der Waals surface area contributed by atoms with E-state index in [1.807, 2.05) is 18.2 Å². The molecule has 1 aliphatic rings. The molecule has 2 aromatic rings. The molecule has 0 atom stereocenters. The van der Waals surface area contributed by atoms with Crippen molar-refractivity contribution in [1.82, 2.24) is 9.97 Å². The molecule has 123 valence electrons. The van der Waals surface area contributed by atoms with Crippen LogP contribution in [-0.2, 0) is 34.8 Å². The minimum atomic E-state index is -0.143. The van der Waals surface area contributed by atoms with Crippen LogP contribution in [0.5, 0.6) is 0 Å². The van der Waals surface area contributed by atoms with Crippen molar-refractivity contribution in [3.8, 4) is 0 Å². The Morgan fingerprint density at radius 3 is 1.92 bits per heavy atom. The van der Waals surface area contributed by atoms with Crippen LogP contribution in [0.25, 0.3) is 0 Å². The third-order valence-corrected chi connectivity index (χ3v) is 2.99. The van der Waals surface area contributed by atoms with Crippen LogP contribution in [0.2, 0.25) is 0 Å². The van der Waals surface area contributed by atoms with E-state index >= 15 is 0 Å². The van der Waals surface area contributed by atoms with E-state index in [1.54, 1.807) is 48.4 Å². The third kappa shape index (κ3) is 5.24. The summed E-state index contributed by atoms with van der Waals surface area (Å²) in [5, 5.41) is 0. The van der Waals surface area contributed by atoms with Gasteiger partial charge in [0.1, 0.15) is 29.1 Å². The van der Waals surface area contributed by atoms with Gasteiger partial charge in [0.05, 0.1) is 23.4 Å². The Morgan fingerprint density at radius 1 is 0.800 bits per heavy atom. The van der Waals surface area contributed by atoms with Gasteiger partial charge in [-0.3, -0.25) is 15.0 Å². The number of pyridine rings is 2. The number of nitrogens with zero attached hydrogens (tertiary/aromatic N) is 3. The molecule has 6 nitrogen and oxygen atoms in total. The Balaban J connectivity index is 0.000000379. The number of allylic oxidation sites excluding steroid dienone is 1. The molecule has 25 heavy (non-hydrogen) atoms. The first-order chi connectivity index (χ1) is 11.8. The summed E-state index contributed by atoms with van der Waals surface area (Å²) in [6, 6.07) is 10.8. The number of hydrogen-bond donors (Lipinski definition) is 0. The van der Waals surface area contributed by atoms with E-state index in [-0.39, 0.29) is 49.4 Å². The molecule has 0 N–H and O–H groups in total. The van der Waals surface area contributed by atoms with E-state index in [9.17, 15) is 14.4 Å². The summed E-state index contributed by atoms with van der Waals surface area (Å²) in [6.07, 6.45) is 5.04. The molecule has 0 fully saturated rings. The van der Waals surface area contributed by atoms with Crippen LogP contribution in [-0.4, -0.2) is 40.0 Å². The molecule has 1 aliphatic heterocycles. The van der Waals surface area contributed by atoms with Crippen LogP contribution < -0.4 is 0 Å². The minimum Gasteiger partial charge on any atom is -0.276 e. The maximum atomic E-state index is 11.0. The Bertz CT molecular complexity index is 865. The largest absolute Gasteiger partial charge is 0.276 e. The molecule has 0 saturated heterocycles. The molecule has 3 rings (SSSR count). The van der Waals surface area contributed by atoms with Gasteiger partial charge >= 0.3 is 0 Å². The predicted octanol–water partition coefficient (Wildman–Crippen LogP) is 1.24. The molecule has 0 bridgehead atoms. The quantitative estimate of drug-likeness (QED) is 0.547. The van der Waals surface area contributed by atoms with Crippen molar-refractivity contribution in [2.24, 2.45) is 4.99 Å². The maximum absolute atomic E-state index is 11.0. The van der Waals surface area contributed by atoms with Crippen molar-refractivity contribution in [3.05, 3.63) is 77.4 Å². The summed E-state index contributed by atoms with van der Waals surface area (Å²) in [4.78, 5) is 44.3. The zero-order valence-corrected chi connectivity index (χ0v) is 15.6. The molecular weight excluding hydrogens is 492 g/mol. The first-order valence-electron chi connectivity index (χ1n) is 6.88. The summed E-state index contributed by atoms with van der Waals surface area (Å²) in [7, 11) is 0. The average molecular weight is 504 g/mol. The maximum Gasteiger partial charge on any atom is 0.136 e. The van der Waals surface area contributed by atoms with Gasteiger partial charge in [-0.2, -0.15) is 0 Å². The van der Waals surface area contributed by atoms with Crippen molar-refractivity contribution < 1.29 is 34.8 Å². The summed E-state index contributed by atoms with van der Waals surface area (Å²) < 4.78 is 0. The second-order valence-corrected chi connectivity index (χ2v) is 4.44. The standard InChI is InChI=1S/C13H6N2O3.C5H5N.Re/c16-6-9-5-15-13(11(8-18)10(9)7-17)12-3-1-2-4-14-12;1-2-4-6-5-3-1;/h1-4H,5H2;1-5H;. The summed E-state index contributed by atoms with van der Waals surface area (Å²) in [5.41, 5.74) is 0.434. The number of rotatable bonds is 1. The molecular formula is C18H11N3O3Re. The van der Waals surface area contributed by atoms with Gasteiger partial charge < -0.3 is 0 Å². The fourth-order valence-corrected chi connectivity index (χ4v) is 1.91. The molecule has 1 radical (unpaired) electrons.